The van der Waals surface area contributed by atoms with Gasteiger partial charge in [-0.05, 0) is 63.0 Å². The Balaban J connectivity index is 1.63. The molecule has 5 N–H and O–H groups in total. The van der Waals surface area contributed by atoms with Gasteiger partial charge in [0.05, 0.1) is 35.4 Å². The maximum atomic E-state index is 12.1. The highest BCUT2D eigenvalue weighted by molar-refractivity contribution is 5.69. The summed E-state index contributed by atoms with van der Waals surface area (Å²) in [5.74, 6) is 6.77. The number of aromatic nitrogens is 1. The van der Waals surface area contributed by atoms with Crippen molar-refractivity contribution in [2.75, 3.05) is 13.6 Å². The zero-order valence-electron chi connectivity index (χ0n) is 19.2. The number of hydrogen-bond donors (Lipinski definition) is 3. The van der Waals surface area contributed by atoms with E-state index in [1.54, 1.807) is 7.05 Å². The Morgan fingerprint density at radius 2 is 1.90 bits per heavy atom. The lowest BCUT2D eigenvalue weighted by molar-refractivity contribution is -0.0222. The fourth-order valence-electron chi connectivity index (χ4n) is 4.35. The molecular formula is C23H37N5O3. The number of nitrogens with zero attached hydrogens (tertiary/aromatic N) is 2. The van der Waals surface area contributed by atoms with Crippen LogP contribution in [0.25, 0.3) is 5.70 Å². The van der Waals surface area contributed by atoms with Gasteiger partial charge >= 0.3 is 6.09 Å². The number of hydrogen-bond acceptors (Lipinski definition) is 7. The molecule has 0 spiro atoms. The molecule has 0 radical (unpaired) electrons. The second kappa shape index (κ2) is 9.77. The number of ether oxygens (including phenoxy) is 2. The highest BCUT2D eigenvalue weighted by Crippen LogP contribution is 2.41. The quantitative estimate of drug-likeness (QED) is 0.447. The highest BCUT2D eigenvalue weighted by Gasteiger charge is 2.38. The van der Waals surface area contributed by atoms with Gasteiger partial charge in [0, 0.05) is 7.05 Å². The van der Waals surface area contributed by atoms with Gasteiger partial charge in [0.1, 0.15) is 11.9 Å². The molecule has 8 nitrogen and oxygen atoms in total. The number of hydrazine groups is 1. The molecule has 2 saturated carbocycles. The number of alkyl carbamates (subject to hydrolysis) is 1. The van der Waals surface area contributed by atoms with Crippen LogP contribution in [0.2, 0.25) is 0 Å². The van der Waals surface area contributed by atoms with E-state index < -0.39 is 6.09 Å². The van der Waals surface area contributed by atoms with E-state index in [4.69, 9.17) is 21.1 Å². The van der Waals surface area contributed by atoms with E-state index in [0.29, 0.717) is 17.1 Å². The molecule has 1 amide bonds. The molecule has 1 aromatic rings. The summed E-state index contributed by atoms with van der Waals surface area (Å²) in [6.07, 6.45) is 7.40. The number of amides is 1. The molecule has 3 rings (SSSR count). The number of likely N-dealkylation sites (N-methyl/N-ethyl adjacent to an activating group) is 1. The summed E-state index contributed by atoms with van der Waals surface area (Å²) in [4.78, 5) is 16.8. The lowest BCUT2D eigenvalue weighted by Gasteiger charge is -2.41. The monoisotopic (exact) mass is 431 g/mol. The Labute approximate surface area is 185 Å². The van der Waals surface area contributed by atoms with Crippen molar-refractivity contribution in [1.29, 1.82) is 0 Å². The van der Waals surface area contributed by atoms with Crippen LogP contribution in [0.5, 0.6) is 5.75 Å². The van der Waals surface area contributed by atoms with E-state index in [9.17, 15) is 4.79 Å². The Kier molecular flexibility index (Phi) is 7.30. The number of nitrogens with two attached hydrogens (primary N) is 2. The fraction of sp³-hybridized carbons (Fsp3) is 0.652. The van der Waals surface area contributed by atoms with Crippen LogP contribution in [-0.4, -0.2) is 41.9 Å². The van der Waals surface area contributed by atoms with Crippen LogP contribution in [0.15, 0.2) is 17.8 Å². The number of rotatable bonds is 7. The summed E-state index contributed by atoms with van der Waals surface area (Å²) in [5.41, 5.74) is 8.95. The third-order valence-electron chi connectivity index (χ3n) is 6.13. The van der Waals surface area contributed by atoms with Crippen LogP contribution in [0.1, 0.15) is 70.2 Å². The van der Waals surface area contributed by atoms with E-state index >= 15 is 0 Å². The summed E-state index contributed by atoms with van der Waals surface area (Å²) >= 11 is 0. The Bertz CT molecular complexity index is 807. The molecular weight excluding hydrogens is 394 g/mol. The van der Waals surface area contributed by atoms with Gasteiger partial charge in [-0.3, -0.25) is 0 Å². The second-order valence-corrected chi connectivity index (χ2v) is 9.58. The van der Waals surface area contributed by atoms with Crippen molar-refractivity contribution in [3.8, 4) is 5.75 Å². The minimum Gasteiger partial charge on any atom is -0.489 e. The molecule has 0 bridgehead atoms. The van der Waals surface area contributed by atoms with Crippen molar-refractivity contribution >= 4 is 11.8 Å². The van der Waals surface area contributed by atoms with Gasteiger partial charge in [0.2, 0.25) is 0 Å². The van der Waals surface area contributed by atoms with Crippen molar-refractivity contribution in [3.05, 3.63) is 29.2 Å². The molecule has 2 aliphatic rings. The van der Waals surface area contributed by atoms with Crippen LogP contribution < -0.4 is 21.6 Å². The third kappa shape index (κ3) is 6.26. The van der Waals surface area contributed by atoms with Gasteiger partial charge in [-0.2, -0.15) is 0 Å². The maximum Gasteiger partial charge on any atom is 0.407 e. The van der Waals surface area contributed by atoms with E-state index in [1.807, 2.05) is 19.1 Å². The average Bonchev–Trinajstić information content (AvgIpc) is 2.68. The van der Waals surface area contributed by atoms with Crippen molar-refractivity contribution in [2.24, 2.45) is 17.0 Å². The third-order valence-corrected chi connectivity index (χ3v) is 6.13. The number of carbonyl (C=O) groups is 1. The summed E-state index contributed by atoms with van der Waals surface area (Å²) < 4.78 is 11.6. The molecule has 172 valence electrons. The zero-order valence-corrected chi connectivity index (χ0v) is 19.2. The van der Waals surface area contributed by atoms with E-state index in [-0.39, 0.29) is 24.2 Å². The standard InChI is InChI=1S/C23H37N5O3/c1-15-20(30-16-8-6-5-7-9-16)11-10-18(27-15)21(24)19(28(4)25)14-26-22(29)31-17-12-23(2,3)13-17/h10-11,16-17H,5-9,12-14,24-25H2,1-4H3,(H,26,29)/b21-19-. The molecule has 0 unspecified atom stereocenters. The summed E-state index contributed by atoms with van der Waals surface area (Å²) in [7, 11) is 1.68. The number of nitrogens with one attached hydrogen (secondary N) is 1. The van der Waals surface area contributed by atoms with E-state index in [2.05, 4.69) is 24.1 Å². The van der Waals surface area contributed by atoms with E-state index in [1.165, 1.54) is 24.3 Å². The van der Waals surface area contributed by atoms with Gasteiger partial charge in [-0.25, -0.2) is 15.6 Å². The predicted molar refractivity (Wildman–Crippen MR) is 121 cm³/mol. The molecule has 0 saturated heterocycles. The summed E-state index contributed by atoms with van der Waals surface area (Å²) in [6, 6.07) is 3.74. The van der Waals surface area contributed by atoms with Crippen molar-refractivity contribution < 1.29 is 14.3 Å². The molecule has 2 aliphatic carbocycles. The molecule has 1 heterocycles. The van der Waals surface area contributed by atoms with Crippen LogP contribution in [0.3, 0.4) is 0 Å². The second-order valence-electron chi connectivity index (χ2n) is 9.58. The lowest BCUT2D eigenvalue weighted by Crippen LogP contribution is -2.43. The molecule has 2 fully saturated rings. The zero-order chi connectivity index (χ0) is 22.6. The number of pyridine rings is 1. The molecule has 0 aromatic carbocycles. The van der Waals surface area contributed by atoms with Crippen LogP contribution in [0.4, 0.5) is 4.79 Å². The maximum absolute atomic E-state index is 12.1. The van der Waals surface area contributed by atoms with Gasteiger partial charge in [-0.1, -0.05) is 20.3 Å². The van der Waals surface area contributed by atoms with Crippen LogP contribution >= 0.6 is 0 Å². The topological polar surface area (TPSA) is 116 Å². The van der Waals surface area contributed by atoms with Crippen molar-refractivity contribution in [1.82, 2.24) is 15.3 Å². The highest BCUT2D eigenvalue weighted by atomic mass is 16.6. The first-order chi connectivity index (χ1) is 14.6. The fourth-order valence-corrected chi connectivity index (χ4v) is 4.35. The van der Waals surface area contributed by atoms with Crippen molar-refractivity contribution in [3.63, 3.8) is 0 Å². The van der Waals surface area contributed by atoms with E-state index in [0.717, 1.165) is 37.1 Å². The Hall–Kier alpha value is -2.48. The predicted octanol–water partition coefficient (Wildman–Crippen LogP) is 3.45. The molecule has 8 heteroatoms. The first-order valence-electron chi connectivity index (χ1n) is 11.2. The first-order valence-corrected chi connectivity index (χ1v) is 11.2. The SMILES string of the molecule is Cc1nc(/C(N)=C(\CNC(=O)OC2CC(C)(C)C2)N(C)N)ccc1OC1CCCCC1. The van der Waals surface area contributed by atoms with Gasteiger partial charge in [-0.15, -0.1) is 0 Å². The molecule has 1 aromatic heterocycles. The Morgan fingerprint density at radius 1 is 1.23 bits per heavy atom. The van der Waals surface area contributed by atoms with Gasteiger partial charge < -0.3 is 25.5 Å². The summed E-state index contributed by atoms with van der Waals surface area (Å²) in [6.45, 7) is 6.39. The normalized spacial score (nSPS) is 19.8. The Morgan fingerprint density at radius 3 is 2.48 bits per heavy atom. The molecule has 31 heavy (non-hydrogen) atoms. The van der Waals surface area contributed by atoms with Crippen molar-refractivity contribution in [2.45, 2.75) is 77.9 Å². The minimum absolute atomic E-state index is 0.0311. The number of carbonyl (C=O) groups excluding carboxylic acids is 1. The van der Waals surface area contributed by atoms with Crippen LogP contribution in [-0.2, 0) is 4.74 Å². The largest absolute Gasteiger partial charge is 0.489 e. The van der Waals surface area contributed by atoms with Gasteiger partial charge in [0.25, 0.3) is 0 Å². The average molecular weight is 432 g/mol. The van der Waals surface area contributed by atoms with Crippen LogP contribution in [0, 0.1) is 12.3 Å². The molecule has 0 aliphatic heterocycles. The smallest absolute Gasteiger partial charge is 0.407 e. The van der Waals surface area contributed by atoms with Gasteiger partial charge in [0.15, 0.2) is 0 Å². The minimum atomic E-state index is -0.465. The first kappa shape index (κ1) is 23.2. The summed E-state index contributed by atoms with van der Waals surface area (Å²) in [5, 5.41) is 4.14. The molecule has 0 atom stereocenters. The lowest BCUT2D eigenvalue weighted by atomic mass is 9.70. The number of aryl methyl sites for hydroxylation is 1.